The van der Waals surface area contributed by atoms with Crippen molar-refractivity contribution in [3.8, 4) is 0 Å². The van der Waals surface area contributed by atoms with Crippen LogP contribution < -0.4 is 5.32 Å². The molecular weight excluding hydrogens is 290 g/mol. The normalized spacial score (nSPS) is 16.9. The molecule has 0 radical (unpaired) electrons. The van der Waals surface area contributed by atoms with Gasteiger partial charge in [0.25, 0.3) is 0 Å². The van der Waals surface area contributed by atoms with E-state index in [-0.39, 0.29) is 6.03 Å². The first kappa shape index (κ1) is 16.1. The number of halogens is 1. The summed E-state index contributed by atoms with van der Waals surface area (Å²) >= 11 is 6.03. The maximum Gasteiger partial charge on any atom is 0.321 e. The van der Waals surface area contributed by atoms with Gasteiger partial charge in [0.2, 0.25) is 0 Å². The molecule has 1 aliphatic heterocycles. The van der Waals surface area contributed by atoms with E-state index < -0.39 is 5.60 Å². The number of β-amino-alcohol motifs (C(OH)–C–C–N with tert-alkyl or cyclic N) is 1. The Morgan fingerprint density at radius 2 is 1.90 bits per heavy atom. The zero-order valence-corrected chi connectivity index (χ0v) is 13.2. The van der Waals surface area contributed by atoms with Crippen molar-refractivity contribution < 1.29 is 9.90 Å². The molecule has 1 aliphatic rings. The number of aliphatic hydroxyl groups is 1. The van der Waals surface area contributed by atoms with Crippen LogP contribution in [0.1, 0.15) is 13.8 Å². The van der Waals surface area contributed by atoms with Crippen LogP contribution in [0.25, 0.3) is 0 Å². The number of piperazine rings is 1. The van der Waals surface area contributed by atoms with Crippen LogP contribution in [0.3, 0.4) is 0 Å². The number of nitrogens with one attached hydrogen (secondary N) is 1. The average molecular weight is 312 g/mol. The van der Waals surface area contributed by atoms with Gasteiger partial charge >= 0.3 is 6.03 Å². The highest BCUT2D eigenvalue weighted by molar-refractivity contribution is 6.33. The van der Waals surface area contributed by atoms with Crippen LogP contribution in [-0.4, -0.2) is 59.3 Å². The Morgan fingerprint density at radius 1 is 1.29 bits per heavy atom. The van der Waals surface area contributed by atoms with Crippen LogP contribution in [-0.2, 0) is 0 Å². The summed E-state index contributed by atoms with van der Waals surface area (Å²) in [5, 5.41) is 13.2. The molecule has 0 saturated carbocycles. The van der Waals surface area contributed by atoms with Gasteiger partial charge in [-0.25, -0.2) is 4.79 Å². The van der Waals surface area contributed by atoms with Crippen molar-refractivity contribution in [1.82, 2.24) is 9.80 Å². The minimum Gasteiger partial charge on any atom is -0.389 e. The molecular formula is C15H22ClN3O2. The third kappa shape index (κ3) is 4.88. The standard InChI is InChI=1S/C15H22ClN3O2/c1-15(2,21)11-18-7-9-19(10-8-18)14(20)17-13-6-4-3-5-12(13)16/h3-6,21H,7-11H2,1-2H3,(H,17,20). The number of hydrogen-bond donors (Lipinski definition) is 2. The molecule has 1 fully saturated rings. The molecule has 1 aromatic carbocycles. The fourth-order valence-electron chi connectivity index (χ4n) is 2.41. The molecule has 1 heterocycles. The van der Waals surface area contributed by atoms with Crippen molar-refractivity contribution in [3.63, 3.8) is 0 Å². The second kappa shape index (κ2) is 6.64. The van der Waals surface area contributed by atoms with Gasteiger partial charge in [0.1, 0.15) is 0 Å². The summed E-state index contributed by atoms with van der Waals surface area (Å²) < 4.78 is 0. The molecule has 1 saturated heterocycles. The van der Waals surface area contributed by atoms with E-state index >= 15 is 0 Å². The van der Waals surface area contributed by atoms with Crippen LogP contribution in [0.2, 0.25) is 5.02 Å². The predicted molar refractivity (Wildman–Crippen MR) is 84.8 cm³/mol. The van der Waals surface area contributed by atoms with Gasteiger partial charge in [0.15, 0.2) is 0 Å². The maximum atomic E-state index is 12.2. The van der Waals surface area contributed by atoms with Crippen LogP contribution in [0, 0.1) is 0 Å². The van der Waals surface area contributed by atoms with Gasteiger partial charge in [-0.1, -0.05) is 23.7 Å². The van der Waals surface area contributed by atoms with Crippen molar-refractivity contribution in [2.24, 2.45) is 0 Å². The molecule has 2 amide bonds. The van der Waals surface area contributed by atoms with Crippen molar-refractivity contribution in [2.45, 2.75) is 19.4 Å². The molecule has 0 bridgehead atoms. The Labute approximate surface area is 130 Å². The Kier molecular flexibility index (Phi) is 5.08. The van der Waals surface area contributed by atoms with Crippen LogP contribution in [0.15, 0.2) is 24.3 Å². The van der Waals surface area contributed by atoms with Crippen LogP contribution in [0.5, 0.6) is 0 Å². The highest BCUT2D eigenvalue weighted by Crippen LogP contribution is 2.21. The zero-order valence-electron chi connectivity index (χ0n) is 12.5. The van der Waals surface area contributed by atoms with Gasteiger partial charge in [-0.3, -0.25) is 4.90 Å². The number of hydrogen-bond acceptors (Lipinski definition) is 3. The van der Waals surface area contributed by atoms with Gasteiger partial charge < -0.3 is 15.3 Å². The fourth-order valence-corrected chi connectivity index (χ4v) is 2.60. The summed E-state index contributed by atoms with van der Waals surface area (Å²) in [5.41, 5.74) is -0.0785. The minimum absolute atomic E-state index is 0.133. The molecule has 0 spiro atoms. The Hall–Kier alpha value is -1.30. The lowest BCUT2D eigenvalue weighted by atomic mass is 10.1. The molecule has 116 valence electrons. The second-order valence-electron chi connectivity index (χ2n) is 5.99. The average Bonchev–Trinajstić information content (AvgIpc) is 2.40. The lowest BCUT2D eigenvalue weighted by Crippen LogP contribution is -2.52. The summed E-state index contributed by atoms with van der Waals surface area (Å²) in [6, 6.07) is 7.06. The Balaban J connectivity index is 1.85. The first-order valence-electron chi connectivity index (χ1n) is 7.10. The van der Waals surface area contributed by atoms with E-state index in [0.717, 1.165) is 13.1 Å². The van der Waals surface area contributed by atoms with Crippen molar-refractivity contribution in [2.75, 3.05) is 38.0 Å². The number of carbonyl (C=O) groups excluding carboxylic acids is 1. The SMILES string of the molecule is CC(C)(O)CN1CCN(C(=O)Nc2ccccc2Cl)CC1. The monoisotopic (exact) mass is 311 g/mol. The minimum atomic E-state index is -0.706. The molecule has 0 aliphatic carbocycles. The van der Waals surface area contributed by atoms with E-state index in [1.807, 2.05) is 12.1 Å². The largest absolute Gasteiger partial charge is 0.389 e. The van der Waals surface area contributed by atoms with Crippen LogP contribution >= 0.6 is 11.6 Å². The lowest BCUT2D eigenvalue weighted by Gasteiger charge is -2.37. The smallest absolute Gasteiger partial charge is 0.321 e. The van der Waals surface area contributed by atoms with Gasteiger partial charge in [-0.2, -0.15) is 0 Å². The molecule has 6 heteroatoms. The summed E-state index contributed by atoms with van der Waals surface area (Å²) in [6.45, 7) is 7.03. The quantitative estimate of drug-likeness (QED) is 0.900. The van der Waals surface area contributed by atoms with Gasteiger partial charge in [-0.05, 0) is 26.0 Å². The molecule has 21 heavy (non-hydrogen) atoms. The molecule has 0 atom stereocenters. The number of amides is 2. The third-order valence-electron chi connectivity index (χ3n) is 3.39. The summed E-state index contributed by atoms with van der Waals surface area (Å²) in [4.78, 5) is 16.1. The van der Waals surface area contributed by atoms with E-state index in [1.165, 1.54) is 0 Å². The van der Waals surface area contributed by atoms with E-state index in [1.54, 1.807) is 30.9 Å². The number of benzene rings is 1. The number of urea groups is 1. The van der Waals surface area contributed by atoms with Gasteiger partial charge in [0.05, 0.1) is 16.3 Å². The van der Waals surface area contributed by atoms with Gasteiger partial charge in [0, 0.05) is 32.7 Å². The molecule has 2 rings (SSSR count). The number of carbonyl (C=O) groups is 1. The van der Waals surface area contributed by atoms with E-state index in [2.05, 4.69) is 10.2 Å². The number of nitrogens with zero attached hydrogens (tertiary/aromatic N) is 2. The third-order valence-corrected chi connectivity index (χ3v) is 3.72. The number of para-hydroxylation sites is 1. The molecule has 1 aromatic rings. The molecule has 0 unspecified atom stereocenters. The van der Waals surface area contributed by atoms with Crippen molar-refractivity contribution in [1.29, 1.82) is 0 Å². The lowest BCUT2D eigenvalue weighted by molar-refractivity contribution is 0.0231. The van der Waals surface area contributed by atoms with Crippen LogP contribution in [0.4, 0.5) is 10.5 Å². The molecule has 2 N–H and O–H groups in total. The highest BCUT2D eigenvalue weighted by atomic mass is 35.5. The molecule has 5 nitrogen and oxygen atoms in total. The second-order valence-corrected chi connectivity index (χ2v) is 6.39. The van der Waals surface area contributed by atoms with Crippen molar-refractivity contribution >= 4 is 23.3 Å². The topological polar surface area (TPSA) is 55.8 Å². The molecule has 0 aromatic heterocycles. The Bertz CT molecular complexity index is 494. The maximum absolute atomic E-state index is 12.2. The zero-order chi connectivity index (χ0) is 15.5. The van der Waals surface area contributed by atoms with Crippen molar-refractivity contribution in [3.05, 3.63) is 29.3 Å². The highest BCUT2D eigenvalue weighted by Gasteiger charge is 2.25. The Morgan fingerprint density at radius 3 is 2.48 bits per heavy atom. The van der Waals surface area contributed by atoms with E-state index in [4.69, 9.17) is 11.6 Å². The summed E-state index contributed by atoms with van der Waals surface area (Å²) in [5.74, 6) is 0. The number of anilines is 1. The first-order chi connectivity index (χ1) is 9.85. The fraction of sp³-hybridized carbons (Fsp3) is 0.533. The predicted octanol–water partition coefficient (Wildman–Crippen LogP) is 2.26. The summed E-state index contributed by atoms with van der Waals surface area (Å²) in [7, 11) is 0. The van der Waals surface area contributed by atoms with Gasteiger partial charge in [-0.15, -0.1) is 0 Å². The first-order valence-corrected chi connectivity index (χ1v) is 7.48. The number of rotatable bonds is 3. The van der Waals surface area contributed by atoms with E-state index in [0.29, 0.717) is 30.3 Å². The summed E-state index contributed by atoms with van der Waals surface area (Å²) in [6.07, 6.45) is 0. The van der Waals surface area contributed by atoms with E-state index in [9.17, 15) is 9.90 Å².